The molecule has 2 aromatic rings. The Balaban J connectivity index is 1.57. The van der Waals surface area contributed by atoms with Crippen LogP contribution >= 0.6 is 0 Å². The van der Waals surface area contributed by atoms with Crippen LogP contribution in [-0.4, -0.2) is 50.3 Å². The van der Waals surface area contributed by atoms with Crippen LogP contribution < -0.4 is 14.5 Å². The van der Waals surface area contributed by atoms with Crippen molar-refractivity contribution in [3.8, 4) is 5.75 Å². The molecule has 1 fully saturated rings. The number of rotatable bonds is 6. The number of methoxy groups -OCH3 is 1. The summed E-state index contributed by atoms with van der Waals surface area (Å²) in [4.78, 5) is 20.5. The normalized spacial score (nSPS) is 15.5. The van der Waals surface area contributed by atoms with Crippen LogP contribution in [0, 0.1) is 0 Å². The van der Waals surface area contributed by atoms with E-state index in [0.29, 0.717) is 12.2 Å². The van der Waals surface area contributed by atoms with Crippen molar-refractivity contribution in [2.24, 2.45) is 0 Å². The van der Waals surface area contributed by atoms with E-state index in [9.17, 15) is 4.79 Å². The molecule has 0 spiro atoms. The Labute approximate surface area is 154 Å². The second kappa shape index (κ2) is 8.56. The van der Waals surface area contributed by atoms with Crippen molar-refractivity contribution in [1.29, 1.82) is 0 Å². The van der Waals surface area contributed by atoms with Gasteiger partial charge < -0.3 is 19.3 Å². The molecular formula is C20H25N3O3. The van der Waals surface area contributed by atoms with E-state index in [-0.39, 0.29) is 5.97 Å². The SMILES string of the molecule is CCC(Oc1ccc(N2CCN(c3ccncc3)CC2)cc1)C(=O)OC. The Morgan fingerprint density at radius 1 is 1.00 bits per heavy atom. The third-order valence-electron chi connectivity index (χ3n) is 4.62. The number of ether oxygens (including phenoxy) is 2. The average Bonchev–Trinajstić information content (AvgIpc) is 2.72. The first-order valence-corrected chi connectivity index (χ1v) is 8.95. The summed E-state index contributed by atoms with van der Waals surface area (Å²) >= 11 is 0. The fraction of sp³-hybridized carbons (Fsp3) is 0.400. The van der Waals surface area contributed by atoms with E-state index in [1.165, 1.54) is 12.8 Å². The van der Waals surface area contributed by atoms with Gasteiger partial charge in [-0.1, -0.05) is 6.92 Å². The molecule has 2 heterocycles. The number of esters is 1. The molecular weight excluding hydrogens is 330 g/mol. The van der Waals surface area contributed by atoms with Crippen LogP contribution in [0.15, 0.2) is 48.8 Å². The minimum Gasteiger partial charge on any atom is -0.479 e. The Kier molecular flexibility index (Phi) is 5.94. The zero-order chi connectivity index (χ0) is 18.4. The van der Waals surface area contributed by atoms with Crippen LogP contribution in [0.25, 0.3) is 0 Å². The lowest BCUT2D eigenvalue weighted by Crippen LogP contribution is -2.46. The van der Waals surface area contributed by atoms with E-state index in [1.54, 1.807) is 0 Å². The first-order valence-electron chi connectivity index (χ1n) is 8.95. The van der Waals surface area contributed by atoms with Crippen LogP contribution in [-0.2, 0) is 9.53 Å². The molecule has 1 aliphatic heterocycles. The Morgan fingerprint density at radius 2 is 1.54 bits per heavy atom. The number of pyridine rings is 1. The predicted octanol–water partition coefficient (Wildman–Crippen LogP) is 2.74. The van der Waals surface area contributed by atoms with E-state index in [1.807, 2.05) is 55.7 Å². The third-order valence-corrected chi connectivity index (χ3v) is 4.62. The van der Waals surface area contributed by atoms with E-state index >= 15 is 0 Å². The van der Waals surface area contributed by atoms with Gasteiger partial charge in [0, 0.05) is 49.9 Å². The average molecular weight is 355 g/mol. The van der Waals surface area contributed by atoms with Crippen molar-refractivity contribution >= 4 is 17.3 Å². The molecule has 0 N–H and O–H groups in total. The molecule has 0 saturated carbocycles. The number of piperazine rings is 1. The Morgan fingerprint density at radius 3 is 2.04 bits per heavy atom. The summed E-state index contributed by atoms with van der Waals surface area (Å²) in [7, 11) is 1.38. The van der Waals surface area contributed by atoms with Crippen LogP contribution in [0.1, 0.15) is 13.3 Å². The number of carbonyl (C=O) groups excluding carboxylic acids is 1. The Bertz CT molecular complexity index is 698. The lowest BCUT2D eigenvalue weighted by atomic mass is 10.2. The summed E-state index contributed by atoms with van der Waals surface area (Å²) in [6.45, 7) is 5.77. The lowest BCUT2D eigenvalue weighted by molar-refractivity contribution is -0.148. The summed E-state index contributed by atoms with van der Waals surface area (Å²) in [6, 6.07) is 12.0. The first-order chi connectivity index (χ1) is 12.7. The number of benzene rings is 1. The molecule has 0 radical (unpaired) electrons. The standard InChI is InChI=1S/C20H25N3O3/c1-3-19(20(24)25-2)26-18-6-4-16(5-7-18)22-12-14-23(15-13-22)17-8-10-21-11-9-17/h4-11,19H,3,12-15H2,1-2H3. The molecule has 138 valence electrons. The highest BCUT2D eigenvalue weighted by Gasteiger charge is 2.20. The molecule has 1 aliphatic rings. The zero-order valence-electron chi connectivity index (χ0n) is 15.3. The molecule has 1 aromatic carbocycles. The molecule has 1 atom stereocenters. The van der Waals surface area contributed by atoms with Gasteiger partial charge in [0.15, 0.2) is 6.10 Å². The zero-order valence-corrected chi connectivity index (χ0v) is 15.3. The fourth-order valence-electron chi connectivity index (χ4n) is 3.11. The first kappa shape index (κ1) is 18.0. The molecule has 0 amide bonds. The summed E-state index contributed by atoms with van der Waals surface area (Å²) in [5, 5.41) is 0. The molecule has 26 heavy (non-hydrogen) atoms. The van der Waals surface area contributed by atoms with Gasteiger partial charge in [0.1, 0.15) is 5.75 Å². The van der Waals surface area contributed by atoms with Crippen molar-refractivity contribution in [2.75, 3.05) is 43.1 Å². The monoisotopic (exact) mass is 355 g/mol. The molecule has 1 unspecified atom stereocenters. The highest BCUT2D eigenvalue weighted by molar-refractivity contribution is 5.74. The number of hydrogen-bond acceptors (Lipinski definition) is 6. The van der Waals surface area contributed by atoms with Crippen molar-refractivity contribution in [3.63, 3.8) is 0 Å². The third kappa shape index (κ3) is 4.25. The van der Waals surface area contributed by atoms with Gasteiger partial charge in [-0.15, -0.1) is 0 Å². The quantitative estimate of drug-likeness (QED) is 0.743. The fourth-order valence-corrected chi connectivity index (χ4v) is 3.11. The summed E-state index contributed by atoms with van der Waals surface area (Å²) in [5.41, 5.74) is 2.38. The van der Waals surface area contributed by atoms with Crippen LogP contribution in [0.2, 0.25) is 0 Å². The van der Waals surface area contributed by atoms with Gasteiger partial charge >= 0.3 is 5.97 Å². The van der Waals surface area contributed by atoms with Crippen LogP contribution in [0.4, 0.5) is 11.4 Å². The number of anilines is 2. The smallest absolute Gasteiger partial charge is 0.347 e. The van der Waals surface area contributed by atoms with Crippen molar-refractivity contribution in [1.82, 2.24) is 4.98 Å². The minimum atomic E-state index is -0.560. The molecule has 0 bridgehead atoms. The minimum absolute atomic E-state index is 0.344. The van der Waals surface area contributed by atoms with Gasteiger partial charge in [-0.3, -0.25) is 4.98 Å². The van der Waals surface area contributed by atoms with Gasteiger partial charge in [-0.05, 0) is 42.8 Å². The lowest BCUT2D eigenvalue weighted by Gasteiger charge is -2.37. The summed E-state index contributed by atoms with van der Waals surface area (Å²) in [6.07, 6.45) is 3.68. The maximum Gasteiger partial charge on any atom is 0.347 e. The van der Waals surface area contributed by atoms with Gasteiger partial charge in [0.05, 0.1) is 7.11 Å². The molecule has 1 saturated heterocycles. The maximum absolute atomic E-state index is 11.6. The molecule has 6 heteroatoms. The van der Waals surface area contributed by atoms with Gasteiger partial charge in [0.2, 0.25) is 0 Å². The van der Waals surface area contributed by atoms with E-state index in [2.05, 4.69) is 14.8 Å². The number of hydrogen-bond donors (Lipinski definition) is 0. The second-order valence-electron chi connectivity index (χ2n) is 6.21. The van der Waals surface area contributed by atoms with Gasteiger partial charge in [0.25, 0.3) is 0 Å². The van der Waals surface area contributed by atoms with Crippen molar-refractivity contribution < 1.29 is 14.3 Å². The molecule has 1 aromatic heterocycles. The van der Waals surface area contributed by atoms with Crippen LogP contribution in [0.3, 0.4) is 0 Å². The maximum atomic E-state index is 11.6. The largest absolute Gasteiger partial charge is 0.479 e. The predicted molar refractivity (Wildman–Crippen MR) is 102 cm³/mol. The number of carbonyl (C=O) groups is 1. The number of nitrogens with zero attached hydrogens (tertiary/aromatic N) is 3. The van der Waals surface area contributed by atoms with E-state index in [4.69, 9.17) is 9.47 Å². The molecule has 6 nitrogen and oxygen atoms in total. The van der Waals surface area contributed by atoms with E-state index in [0.717, 1.165) is 31.9 Å². The topological polar surface area (TPSA) is 54.9 Å². The second-order valence-corrected chi connectivity index (χ2v) is 6.21. The van der Waals surface area contributed by atoms with Gasteiger partial charge in [-0.25, -0.2) is 4.79 Å². The summed E-state index contributed by atoms with van der Waals surface area (Å²) < 4.78 is 10.5. The molecule has 3 rings (SSSR count). The van der Waals surface area contributed by atoms with Crippen LogP contribution in [0.5, 0.6) is 5.75 Å². The molecule has 0 aliphatic carbocycles. The van der Waals surface area contributed by atoms with Crippen molar-refractivity contribution in [2.45, 2.75) is 19.4 Å². The highest BCUT2D eigenvalue weighted by Crippen LogP contribution is 2.23. The van der Waals surface area contributed by atoms with Gasteiger partial charge in [-0.2, -0.15) is 0 Å². The summed E-state index contributed by atoms with van der Waals surface area (Å²) in [5.74, 6) is 0.338. The van der Waals surface area contributed by atoms with E-state index < -0.39 is 6.10 Å². The Hall–Kier alpha value is -2.76. The van der Waals surface area contributed by atoms with Crippen molar-refractivity contribution in [3.05, 3.63) is 48.8 Å². The highest BCUT2D eigenvalue weighted by atomic mass is 16.6. The number of aromatic nitrogens is 1.